The Morgan fingerprint density at radius 2 is 2.30 bits per heavy atom. The Morgan fingerprint density at radius 1 is 1.45 bits per heavy atom. The highest BCUT2D eigenvalue weighted by Gasteiger charge is 2.29. The predicted molar refractivity (Wildman–Crippen MR) is 86.3 cm³/mol. The molecular weight excluding hydrogens is 288 g/mol. The monoisotopic (exact) mass is 306 g/mol. The van der Waals surface area contributed by atoms with E-state index in [4.69, 9.17) is 4.98 Å². The molecule has 3 nitrogen and oxygen atoms in total. The number of hydrogen-bond acceptors (Lipinski definition) is 4. The van der Waals surface area contributed by atoms with E-state index < -0.39 is 0 Å². The van der Waals surface area contributed by atoms with Crippen molar-refractivity contribution in [1.82, 2.24) is 9.88 Å². The minimum absolute atomic E-state index is 0.181. The molecule has 0 spiro atoms. The summed E-state index contributed by atoms with van der Waals surface area (Å²) < 4.78 is 1.21. The van der Waals surface area contributed by atoms with Crippen molar-refractivity contribution < 1.29 is 4.79 Å². The Labute approximate surface area is 127 Å². The Hall–Kier alpha value is -1.07. The quantitative estimate of drug-likeness (QED) is 0.866. The predicted octanol–water partition coefficient (Wildman–Crippen LogP) is 3.71. The van der Waals surface area contributed by atoms with Gasteiger partial charge in [0.2, 0.25) is 5.91 Å². The number of fused-ring (bicyclic) bond motifs is 1. The standard InChI is InChI=1S/C15H18N2OS2/c1-19-10-14(18)17-9-5-4-7-12(17)15-16-11-6-2-3-8-13(11)20-15/h2-3,6,8,12H,4-5,7,9-10H2,1H3. The van der Waals surface area contributed by atoms with Crippen molar-refractivity contribution in [3.8, 4) is 0 Å². The van der Waals surface area contributed by atoms with Crippen LogP contribution >= 0.6 is 23.1 Å². The molecule has 1 unspecified atom stereocenters. The number of rotatable bonds is 3. The SMILES string of the molecule is CSCC(=O)N1CCCCC1c1nc2ccccc2s1. The number of carbonyl (C=O) groups is 1. The molecule has 2 heterocycles. The van der Waals surface area contributed by atoms with Gasteiger partial charge in [-0.1, -0.05) is 12.1 Å². The van der Waals surface area contributed by atoms with E-state index in [9.17, 15) is 4.79 Å². The van der Waals surface area contributed by atoms with Gasteiger partial charge in [0, 0.05) is 6.54 Å². The summed E-state index contributed by atoms with van der Waals surface area (Å²) >= 11 is 3.33. The third-order valence-electron chi connectivity index (χ3n) is 3.69. The Morgan fingerprint density at radius 3 is 3.10 bits per heavy atom. The lowest BCUT2D eigenvalue weighted by atomic mass is 10.0. The first-order valence-corrected chi connectivity index (χ1v) is 9.14. The Kier molecular flexibility index (Phi) is 4.27. The molecule has 1 atom stereocenters. The second-order valence-corrected chi connectivity index (χ2v) is 6.98. The van der Waals surface area contributed by atoms with Gasteiger partial charge in [-0.2, -0.15) is 11.8 Å². The molecule has 1 aliphatic rings. The zero-order valence-corrected chi connectivity index (χ0v) is 13.2. The summed E-state index contributed by atoms with van der Waals surface area (Å²) in [5.41, 5.74) is 1.05. The lowest BCUT2D eigenvalue weighted by Gasteiger charge is -2.34. The van der Waals surface area contributed by atoms with Gasteiger partial charge in [0.25, 0.3) is 0 Å². The van der Waals surface area contributed by atoms with Crippen molar-refractivity contribution in [2.75, 3.05) is 18.6 Å². The summed E-state index contributed by atoms with van der Waals surface area (Å²) in [5.74, 6) is 0.822. The van der Waals surface area contributed by atoms with Gasteiger partial charge in [0.05, 0.1) is 22.0 Å². The van der Waals surface area contributed by atoms with Crippen LogP contribution in [0.5, 0.6) is 0 Å². The fourth-order valence-corrected chi connectivity index (χ4v) is 4.25. The molecule has 5 heteroatoms. The summed E-state index contributed by atoms with van der Waals surface area (Å²) in [6.07, 6.45) is 5.32. The van der Waals surface area contributed by atoms with Crippen molar-refractivity contribution >= 4 is 39.2 Å². The van der Waals surface area contributed by atoms with Crippen LogP contribution < -0.4 is 0 Å². The van der Waals surface area contributed by atoms with E-state index >= 15 is 0 Å². The summed E-state index contributed by atoms with van der Waals surface area (Å²) in [7, 11) is 0. The van der Waals surface area contributed by atoms with E-state index in [1.165, 1.54) is 11.1 Å². The maximum absolute atomic E-state index is 12.3. The summed E-state index contributed by atoms with van der Waals surface area (Å²) in [6, 6.07) is 8.39. The van der Waals surface area contributed by atoms with Crippen LogP contribution in [0.1, 0.15) is 30.3 Å². The number of para-hydroxylation sites is 1. The number of piperidine rings is 1. The number of aromatic nitrogens is 1. The maximum atomic E-state index is 12.3. The number of amides is 1. The molecular formula is C15H18N2OS2. The van der Waals surface area contributed by atoms with Crippen LogP contribution in [0.15, 0.2) is 24.3 Å². The lowest BCUT2D eigenvalue weighted by Crippen LogP contribution is -2.39. The van der Waals surface area contributed by atoms with Crippen molar-refractivity contribution in [2.45, 2.75) is 25.3 Å². The lowest BCUT2D eigenvalue weighted by molar-refractivity contribution is -0.132. The van der Waals surface area contributed by atoms with Gasteiger partial charge in [-0.25, -0.2) is 4.98 Å². The fourth-order valence-electron chi connectivity index (χ4n) is 2.73. The van der Waals surface area contributed by atoms with Gasteiger partial charge in [-0.05, 0) is 37.7 Å². The minimum atomic E-state index is 0.181. The number of thioether (sulfide) groups is 1. The molecule has 0 N–H and O–H groups in total. The van der Waals surface area contributed by atoms with Gasteiger partial charge >= 0.3 is 0 Å². The largest absolute Gasteiger partial charge is 0.333 e. The van der Waals surface area contributed by atoms with E-state index in [2.05, 4.69) is 6.07 Å². The van der Waals surface area contributed by atoms with Crippen molar-refractivity contribution in [1.29, 1.82) is 0 Å². The van der Waals surface area contributed by atoms with Gasteiger partial charge < -0.3 is 4.90 Å². The Balaban J connectivity index is 1.90. The first-order valence-electron chi connectivity index (χ1n) is 6.93. The highest BCUT2D eigenvalue weighted by atomic mass is 32.2. The van der Waals surface area contributed by atoms with Crippen molar-refractivity contribution in [3.05, 3.63) is 29.3 Å². The molecule has 1 amide bonds. The molecule has 3 rings (SSSR count). The average Bonchev–Trinajstić information content (AvgIpc) is 2.91. The Bertz CT molecular complexity index is 578. The number of hydrogen-bond donors (Lipinski definition) is 0. The van der Waals surface area contributed by atoms with E-state index in [1.54, 1.807) is 23.1 Å². The van der Waals surface area contributed by atoms with Gasteiger partial charge in [-0.15, -0.1) is 11.3 Å². The van der Waals surface area contributed by atoms with Crippen LogP contribution in [0.4, 0.5) is 0 Å². The maximum Gasteiger partial charge on any atom is 0.233 e. The molecule has 0 bridgehead atoms. The van der Waals surface area contributed by atoms with E-state index in [0.29, 0.717) is 5.75 Å². The van der Waals surface area contributed by atoms with Crippen LogP contribution in [-0.4, -0.2) is 34.3 Å². The smallest absolute Gasteiger partial charge is 0.233 e. The van der Waals surface area contributed by atoms with Crippen LogP contribution in [0.2, 0.25) is 0 Å². The molecule has 1 aromatic carbocycles. The van der Waals surface area contributed by atoms with Gasteiger partial charge in [-0.3, -0.25) is 4.79 Å². The van der Waals surface area contributed by atoms with Crippen LogP contribution in [0, 0.1) is 0 Å². The molecule has 20 heavy (non-hydrogen) atoms. The number of nitrogens with zero attached hydrogens (tertiary/aromatic N) is 2. The molecule has 1 aliphatic heterocycles. The van der Waals surface area contributed by atoms with Gasteiger partial charge in [0.1, 0.15) is 5.01 Å². The zero-order chi connectivity index (χ0) is 13.9. The molecule has 0 radical (unpaired) electrons. The third-order valence-corrected chi connectivity index (χ3v) is 5.36. The summed E-state index contributed by atoms with van der Waals surface area (Å²) in [4.78, 5) is 19.1. The van der Waals surface area contributed by atoms with Gasteiger partial charge in [0.15, 0.2) is 0 Å². The van der Waals surface area contributed by atoms with Crippen molar-refractivity contribution in [2.24, 2.45) is 0 Å². The zero-order valence-electron chi connectivity index (χ0n) is 11.5. The molecule has 0 saturated carbocycles. The third kappa shape index (κ3) is 2.69. The molecule has 2 aromatic rings. The second-order valence-electron chi connectivity index (χ2n) is 5.05. The summed E-state index contributed by atoms with van der Waals surface area (Å²) in [5, 5.41) is 1.10. The van der Waals surface area contributed by atoms with Crippen LogP contribution in [-0.2, 0) is 4.79 Å². The minimum Gasteiger partial charge on any atom is -0.333 e. The number of likely N-dealkylation sites (tertiary alicyclic amines) is 1. The molecule has 1 saturated heterocycles. The van der Waals surface area contributed by atoms with E-state index in [-0.39, 0.29) is 11.9 Å². The highest BCUT2D eigenvalue weighted by Crippen LogP contribution is 2.35. The van der Waals surface area contributed by atoms with Crippen molar-refractivity contribution in [3.63, 3.8) is 0 Å². The number of benzene rings is 1. The fraction of sp³-hybridized carbons (Fsp3) is 0.467. The van der Waals surface area contributed by atoms with Crippen LogP contribution in [0.3, 0.4) is 0 Å². The normalized spacial score (nSPS) is 19.4. The number of carbonyl (C=O) groups excluding carboxylic acids is 1. The first-order chi connectivity index (χ1) is 9.79. The average molecular weight is 306 g/mol. The number of thiazole rings is 1. The van der Waals surface area contributed by atoms with E-state index in [1.807, 2.05) is 29.4 Å². The topological polar surface area (TPSA) is 33.2 Å². The first kappa shape index (κ1) is 13.9. The molecule has 106 valence electrons. The molecule has 0 aliphatic carbocycles. The highest BCUT2D eigenvalue weighted by molar-refractivity contribution is 7.99. The summed E-state index contributed by atoms with van der Waals surface area (Å²) in [6.45, 7) is 0.875. The second kappa shape index (κ2) is 6.14. The van der Waals surface area contributed by atoms with E-state index in [0.717, 1.165) is 29.9 Å². The van der Waals surface area contributed by atoms with Crippen LogP contribution in [0.25, 0.3) is 10.2 Å². The molecule has 1 aromatic heterocycles. The molecule has 1 fully saturated rings.